The first-order chi connectivity index (χ1) is 9.62. The van der Waals surface area contributed by atoms with Crippen molar-refractivity contribution in [2.24, 2.45) is 0 Å². The fraction of sp³-hybridized carbons (Fsp3) is 0.417. The van der Waals surface area contributed by atoms with E-state index in [4.69, 9.17) is 15.4 Å². The molecule has 0 spiro atoms. The molecular formula is C12H14BrClFNO4S. The van der Waals surface area contributed by atoms with Gasteiger partial charge in [0.15, 0.2) is 0 Å². The lowest BCUT2D eigenvalue weighted by Gasteiger charge is -2.10. The van der Waals surface area contributed by atoms with Crippen LogP contribution in [0.15, 0.2) is 21.5 Å². The van der Waals surface area contributed by atoms with Gasteiger partial charge in [0.05, 0.1) is 18.3 Å². The second kappa shape index (κ2) is 7.53. The van der Waals surface area contributed by atoms with E-state index in [0.29, 0.717) is 6.61 Å². The lowest BCUT2D eigenvalue weighted by Crippen LogP contribution is -2.28. The van der Waals surface area contributed by atoms with Crippen molar-refractivity contribution in [2.45, 2.75) is 24.8 Å². The molecule has 0 aliphatic heterocycles. The van der Waals surface area contributed by atoms with Crippen LogP contribution in [-0.2, 0) is 13.8 Å². The zero-order chi connectivity index (χ0) is 16.2. The molecule has 0 aliphatic rings. The molecule has 0 aliphatic carbocycles. The Morgan fingerprint density at radius 2 is 2.10 bits per heavy atom. The molecule has 1 rings (SSSR count). The number of benzene rings is 1. The topological polar surface area (TPSA) is 72.5 Å². The van der Waals surface area contributed by atoms with Gasteiger partial charge in [0.25, 0.3) is 15.0 Å². The van der Waals surface area contributed by atoms with E-state index < -0.39 is 25.7 Å². The predicted octanol–water partition coefficient (Wildman–Crippen LogP) is 2.67. The molecule has 0 fully saturated rings. The normalized spacial score (nSPS) is 11.7. The van der Waals surface area contributed by atoms with E-state index in [9.17, 15) is 17.6 Å². The second-order valence-electron chi connectivity index (χ2n) is 4.38. The number of amides is 1. The second-order valence-corrected chi connectivity index (χ2v) is 7.76. The molecule has 1 N–H and O–H groups in total. The van der Waals surface area contributed by atoms with Crippen molar-refractivity contribution in [3.05, 3.63) is 28.0 Å². The van der Waals surface area contributed by atoms with Crippen LogP contribution in [0.2, 0.25) is 0 Å². The van der Waals surface area contributed by atoms with Gasteiger partial charge in [-0.3, -0.25) is 4.79 Å². The Bertz CT molecular complexity index is 636. The SMILES string of the molecule is CC(C)OCCNC(=O)c1cc(S(=O)(=O)Cl)c(F)cc1Br. The monoisotopic (exact) mass is 401 g/mol. The van der Waals surface area contributed by atoms with Crippen LogP contribution in [0.3, 0.4) is 0 Å². The number of ether oxygens (including phenoxy) is 1. The van der Waals surface area contributed by atoms with Gasteiger partial charge in [0.2, 0.25) is 0 Å². The van der Waals surface area contributed by atoms with Crippen molar-refractivity contribution >= 4 is 41.6 Å². The third-order valence-corrected chi connectivity index (χ3v) is 4.36. The average molecular weight is 403 g/mol. The number of hydrogen-bond acceptors (Lipinski definition) is 4. The molecule has 5 nitrogen and oxygen atoms in total. The summed E-state index contributed by atoms with van der Waals surface area (Å²) < 4.78 is 41.4. The maximum atomic E-state index is 13.5. The van der Waals surface area contributed by atoms with E-state index in [1.807, 2.05) is 13.8 Å². The van der Waals surface area contributed by atoms with Crippen LogP contribution in [0.25, 0.3) is 0 Å². The van der Waals surface area contributed by atoms with Gasteiger partial charge < -0.3 is 10.1 Å². The highest BCUT2D eigenvalue weighted by atomic mass is 79.9. The molecule has 0 heterocycles. The minimum absolute atomic E-state index is 0.0276. The molecular weight excluding hydrogens is 389 g/mol. The highest BCUT2D eigenvalue weighted by Crippen LogP contribution is 2.26. The van der Waals surface area contributed by atoms with Crippen LogP contribution in [0.4, 0.5) is 4.39 Å². The molecule has 1 amide bonds. The molecule has 0 atom stereocenters. The van der Waals surface area contributed by atoms with E-state index in [1.165, 1.54) is 0 Å². The lowest BCUT2D eigenvalue weighted by molar-refractivity contribution is 0.0746. The Kier molecular flexibility index (Phi) is 6.58. The molecule has 0 aromatic heterocycles. The average Bonchev–Trinajstić information content (AvgIpc) is 2.32. The molecule has 21 heavy (non-hydrogen) atoms. The van der Waals surface area contributed by atoms with Crippen LogP contribution in [-0.4, -0.2) is 33.6 Å². The summed E-state index contributed by atoms with van der Waals surface area (Å²) in [5.74, 6) is -1.59. The number of rotatable bonds is 6. The zero-order valence-electron chi connectivity index (χ0n) is 11.3. The van der Waals surface area contributed by atoms with Crippen LogP contribution >= 0.6 is 26.6 Å². The highest BCUT2D eigenvalue weighted by Gasteiger charge is 2.21. The summed E-state index contributed by atoms with van der Waals surface area (Å²) in [7, 11) is 0.849. The van der Waals surface area contributed by atoms with Crippen LogP contribution in [0.1, 0.15) is 24.2 Å². The fourth-order valence-electron chi connectivity index (χ4n) is 1.44. The van der Waals surface area contributed by atoms with Gasteiger partial charge in [0.1, 0.15) is 10.7 Å². The summed E-state index contributed by atoms with van der Waals surface area (Å²) in [6.07, 6.45) is 0.0347. The molecule has 118 valence electrons. The maximum Gasteiger partial charge on any atom is 0.264 e. The summed E-state index contributed by atoms with van der Waals surface area (Å²) >= 11 is 3.01. The molecule has 0 unspecified atom stereocenters. The molecule has 1 aromatic carbocycles. The van der Waals surface area contributed by atoms with Crippen molar-refractivity contribution in [1.29, 1.82) is 0 Å². The van der Waals surface area contributed by atoms with Crippen LogP contribution in [0.5, 0.6) is 0 Å². The van der Waals surface area contributed by atoms with Gasteiger partial charge in [-0.05, 0) is 41.9 Å². The van der Waals surface area contributed by atoms with Gasteiger partial charge in [-0.15, -0.1) is 0 Å². The van der Waals surface area contributed by atoms with Gasteiger partial charge in [0, 0.05) is 21.7 Å². The Morgan fingerprint density at radius 1 is 1.48 bits per heavy atom. The van der Waals surface area contributed by atoms with Crippen molar-refractivity contribution in [2.75, 3.05) is 13.2 Å². The summed E-state index contributed by atoms with van der Waals surface area (Å²) in [6, 6.07) is 1.77. The van der Waals surface area contributed by atoms with Crippen LogP contribution < -0.4 is 5.32 Å². The Morgan fingerprint density at radius 3 is 2.62 bits per heavy atom. The first kappa shape index (κ1) is 18.3. The first-order valence-electron chi connectivity index (χ1n) is 5.96. The molecule has 0 radical (unpaired) electrons. The molecule has 0 saturated carbocycles. The largest absolute Gasteiger partial charge is 0.377 e. The van der Waals surface area contributed by atoms with E-state index in [1.54, 1.807) is 0 Å². The number of carbonyl (C=O) groups excluding carboxylic acids is 1. The molecule has 9 heteroatoms. The van der Waals surface area contributed by atoms with Crippen molar-refractivity contribution < 1.29 is 22.3 Å². The third-order valence-electron chi connectivity index (χ3n) is 2.37. The van der Waals surface area contributed by atoms with Crippen molar-refractivity contribution in [3.63, 3.8) is 0 Å². The quantitative estimate of drug-likeness (QED) is 0.586. The van der Waals surface area contributed by atoms with Gasteiger partial charge in [-0.1, -0.05) is 0 Å². The van der Waals surface area contributed by atoms with Crippen LogP contribution in [0, 0.1) is 5.82 Å². The summed E-state index contributed by atoms with van der Waals surface area (Å²) in [6.45, 7) is 4.26. The highest BCUT2D eigenvalue weighted by molar-refractivity contribution is 9.10. The lowest BCUT2D eigenvalue weighted by atomic mass is 10.2. The standard InChI is InChI=1S/C12H14BrClFNO4S/c1-7(2)20-4-3-16-12(17)8-5-11(21(14,18)19)10(15)6-9(8)13/h5-7H,3-4H2,1-2H3,(H,16,17). The summed E-state index contributed by atoms with van der Waals surface area (Å²) in [4.78, 5) is 11.2. The number of hydrogen-bond donors (Lipinski definition) is 1. The fourth-order valence-corrected chi connectivity index (χ4v) is 2.85. The van der Waals surface area contributed by atoms with E-state index in [2.05, 4.69) is 21.2 Å². The summed E-state index contributed by atoms with van der Waals surface area (Å²) in [5, 5.41) is 2.54. The molecule has 0 bridgehead atoms. The number of nitrogens with one attached hydrogen (secondary N) is 1. The molecule has 1 aromatic rings. The summed E-state index contributed by atoms with van der Waals surface area (Å²) in [5.41, 5.74) is -0.0276. The minimum Gasteiger partial charge on any atom is -0.377 e. The number of halogens is 3. The predicted molar refractivity (Wildman–Crippen MR) is 80.6 cm³/mol. The van der Waals surface area contributed by atoms with E-state index in [0.717, 1.165) is 12.1 Å². The number of carbonyl (C=O) groups is 1. The van der Waals surface area contributed by atoms with Gasteiger partial charge in [-0.25, -0.2) is 12.8 Å². The van der Waals surface area contributed by atoms with E-state index >= 15 is 0 Å². The Labute approximate surface area is 135 Å². The van der Waals surface area contributed by atoms with Crippen molar-refractivity contribution in [1.82, 2.24) is 5.32 Å². The Balaban J connectivity index is 2.90. The zero-order valence-corrected chi connectivity index (χ0v) is 14.5. The molecule has 0 saturated heterocycles. The Hall–Kier alpha value is -0.700. The van der Waals surface area contributed by atoms with Crippen molar-refractivity contribution in [3.8, 4) is 0 Å². The maximum absolute atomic E-state index is 13.5. The smallest absolute Gasteiger partial charge is 0.264 e. The van der Waals surface area contributed by atoms with Gasteiger partial charge in [-0.2, -0.15) is 0 Å². The first-order valence-corrected chi connectivity index (χ1v) is 9.06. The van der Waals surface area contributed by atoms with E-state index in [-0.39, 0.29) is 22.7 Å². The van der Waals surface area contributed by atoms with Gasteiger partial charge >= 0.3 is 0 Å². The minimum atomic E-state index is -4.27. The third kappa shape index (κ3) is 5.54.